The summed E-state index contributed by atoms with van der Waals surface area (Å²) in [5.41, 5.74) is 2.77. The Labute approximate surface area is 214 Å². The third-order valence-corrected chi connectivity index (χ3v) is 5.66. The van der Waals surface area contributed by atoms with E-state index in [9.17, 15) is 19.8 Å². The van der Waals surface area contributed by atoms with Crippen molar-refractivity contribution in [3.8, 4) is 17.2 Å². The van der Waals surface area contributed by atoms with Crippen molar-refractivity contribution < 1.29 is 29.3 Å². The number of amides is 1. The predicted molar refractivity (Wildman–Crippen MR) is 138 cm³/mol. The van der Waals surface area contributed by atoms with E-state index in [-0.39, 0.29) is 24.3 Å². The molecule has 0 radical (unpaired) electrons. The molecule has 4 aromatic rings. The average molecular weight is 498 g/mol. The Kier molecular flexibility index (Phi) is 8.39. The number of rotatable bonds is 10. The van der Waals surface area contributed by atoms with Crippen LogP contribution in [-0.2, 0) is 29.2 Å². The average Bonchev–Trinajstić information content (AvgIpc) is 2.93. The van der Waals surface area contributed by atoms with E-state index >= 15 is 0 Å². The van der Waals surface area contributed by atoms with Gasteiger partial charge in [0.15, 0.2) is 11.5 Å². The fourth-order valence-corrected chi connectivity index (χ4v) is 3.63. The molecular weight excluding hydrogens is 470 g/mol. The van der Waals surface area contributed by atoms with Crippen LogP contribution in [-0.4, -0.2) is 28.1 Å². The lowest BCUT2D eigenvalue weighted by Gasteiger charge is -2.18. The molecule has 0 saturated carbocycles. The molecule has 0 aromatic heterocycles. The van der Waals surface area contributed by atoms with E-state index in [1.54, 1.807) is 0 Å². The minimum absolute atomic E-state index is 0.0678. The first kappa shape index (κ1) is 25.3. The maximum absolute atomic E-state index is 13.0. The Bertz CT molecular complexity index is 1320. The summed E-state index contributed by atoms with van der Waals surface area (Å²) < 4.78 is 11.3. The summed E-state index contributed by atoms with van der Waals surface area (Å²) in [6.07, 6.45) is 0.183. The van der Waals surface area contributed by atoms with Gasteiger partial charge in [0.2, 0.25) is 0 Å². The molecular formula is C30H27NO6. The van der Waals surface area contributed by atoms with E-state index in [2.05, 4.69) is 5.32 Å². The topological polar surface area (TPSA) is 105 Å². The summed E-state index contributed by atoms with van der Waals surface area (Å²) in [6, 6.07) is 29.1. The van der Waals surface area contributed by atoms with Crippen molar-refractivity contribution in [2.24, 2.45) is 0 Å². The molecule has 0 heterocycles. The predicted octanol–water partition coefficient (Wildman–Crippen LogP) is 4.76. The van der Waals surface area contributed by atoms with Gasteiger partial charge < -0.3 is 25.0 Å². The first-order valence-electron chi connectivity index (χ1n) is 11.8. The molecule has 0 saturated heterocycles. The second-order valence-corrected chi connectivity index (χ2v) is 8.45. The molecule has 1 atom stereocenters. The summed E-state index contributed by atoms with van der Waals surface area (Å²) >= 11 is 0. The third kappa shape index (κ3) is 7.35. The first-order valence-corrected chi connectivity index (χ1v) is 11.8. The highest BCUT2D eigenvalue weighted by atomic mass is 16.5. The zero-order valence-electron chi connectivity index (χ0n) is 20.0. The van der Waals surface area contributed by atoms with Crippen LogP contribution >= 0.6 is 0 Å². The number of phenols is 2. The zero-order chi connectivity index (χ0) is 26.0. The number of nitrogens with one attached hydrogen (secondary N) is 1. The van der Waals surface area contributed by atoms with Crippen LogP contribution in [0.4, 0.5) is 0 Å². The number of aromatic hydroxyl groups is 2. The van der Waals surface area contributed by atoms with Crippen molar-refractivity contribution in [2.75, 3.05) is 0 Å². The molecule has 7 heteroatoms. The van der Waals surface area contributed by atoms with Crippen molar-refractivity contribution in [2.45, 2.75) is 25.7 Å². The van der Waals surface area contributed by atoms with Crippen LogP contribution in [0.25, 0.3) is 0 Å². The standard InChI is InChI=1S/C30H27NO6/c32-27-16-13-24(18-28(27)33)29(34)31-26(30(35)37-20-23-9-5-2-6-10-23)17-21-11-14-25(15-12-21)36-19-22-7-3-1-4-8-22/h1-16,18,26,32-33H,17,19-20H2,(H,31,34)/t26-/m1/s1. The van der Waals surface area contributed by atoms with Crippen LogP contribution in [0.2, 0.25) is 0 Å². The summed E-state index contributed by atoms with van der Waals surface area (Å²) in [7, 11) is 0. The van der Waals surface area contributed by atoms with Crippen molar-refractivity contribution in [1.29, 1.82) is 0 Å². The Balaban J connectivity index is 1.44. The Morgan fingerprint density at radius 2 is 1.32 bits per heavy atom. The molecule has 0 fully saturated rings. The molecule has 4 rings (SSSR count). The van der Waals surface area contributed by atoms with Gasteiger partial charge in [0.25, 0.3) is 5.91 Å². The molecule has 0 unspecified atom stereocenters. The van der Waals surface area contributed by atoms with Crippen molar-refractivity contribution in [3.63, 3.8) is 0 Å². The monoisotopic (exact) mass is 497 g/mol. The van der Waals surface area contributed by atoms with Gasteiger partial charge in [0, 0.05) is 12.0 Å². The van der Waals surface area contributed by atoms with Crippen molar-refractivity contribution in [3.05, 3.63) is 125 Å². The van der Waals surface area contributed by atoms with Gasteiger partial charge in [-0.1, -0.05) is 72.8 Å². The van der Waals surface area contributed by atoms with E-state index in [4.69, 9.17) is 9.47 Å². The molecule has 0 aliphatic rings. The normalized spacial score (nSPS) is 11.4. The Morgan fingerprint density at radius 3 is 1.95 bits per heavy atom. The van der Waals surface area contributed by atoms with Crippen LogP contribution in [0.5, 0.6) is 17.2 Å². The van der Waals surface area contributed by atoms with Gasteiger partial charge in [0.1, 0.15) is 25.0 Å². The molecule has 0 bridgehead atoms. The lowest BCUT2D eigenvalue weighted by Crippen LogP contribution is -2.43. The highest BCUT2D eigenvalue weighted by Gasteiger charge is 2.24. The SMILES string of the molecule is O=C(N[C@H](Cc1ccc(OCc2ccccc2)cc1)C(=O)OCc1ccccc1)c1ccc(O)c(O)c1. The molecule has 188 valence electrons. The highest BCUT2D eigenvalue weighted by molar-refractivity contribution is 5.97. The number of benzene rings is 4. The fraction of sp³-hybridized carbons (Fsp3) is 0.133. The number of esters is 1. The van der Waals surface area contributed by atoms with E-state index in [0.717, 1.165) is 22.8 Å². The van der Waals surface area contributed by atoms with Crippen LogP contribution in [0.3, 0.4) is 0 Å². The van der Waals surface area contributed by atoms with Crippen molar-refractivity contribution >= 4 is 11.9 Å². The number of phenolic OH excluding ortho intramolecular Hbond substituents is 2. The molecule has 0 aliphatic heterocycles. The fourth-order valence-electron chi connectivity index (χ4n) is 3.63. The van der Waals surface area contributed by atoms with Gasteiger partial charge in [-0.25, -0.2) is 4.79 Å². The quantitative estimate of drug-likeness (QED) is 0.216. The van der Waals surface area contributed by atoms with E-state index in [1.165, 1.54) is 12.1 Å². The van der Waals surface area contributed by atoms with Gasteiger partial charge in [-0.15, -0.1) is 0 Å². The van der Waals surface area contributed by atoms with E-state index < -0.39 is 23.7 Å². The van der Waals surface area contributed by atoms with Crippen LogP contribution in [0.15, 0.2) is 103 Å². The Morgan fingerprint density at radius 1 is 0.703 bits per heavy atom. The maximum atomic E-state index is 13.0. The number of hydrogen-bond acceptors (Lipinski definition) is 6. The molecule has 1 amide bonds. The first-order chi connectivity index (χ1) is 18.0. The van der Waals surface area contributed by atoms with Crippen molar-refractivity contribution in [1.82, 2.24) is 5.32 Å². The Hall–Kier alpha value is -4.78. The molecule has 37 heavy (non-hydrogen) atoms. The smallest absolute Gasteiger partial charge is 0.329 e. The van der Waals surface area contributed by atoms with Gasteiger partial charge in [-0.05, 0) is 47.0 Å². The molecule has 7 nitrogen and oxygen atoms in total. The zero-order valence-corrected chi connectivity index (χ0v) is 20.0. The third-order valence-electron chi connectivity index (χ3n) is 5.66. The minimum Gasteiger partial charge on any atom is -0.504 e. The number of ether oxygens (including phenoxy) is 2. The van der Waals surface area contributed by atoms with E-state index in [0.29, 0.717) is 12.4 Å². The van der Waals surface area contributed by atoms with Crippen LogP contribution in [0.1, 0.15) is 27.0 Å². The summed E-state index contributed by atoms with van der Waals surface area (Å²) in [6.45, 7) is 0.502. The summed E-state index contributed by atoms with van der Waals surface area (Å²) in [4.78, 5) is 25.8. The maximum Gasteiger partial charge on any atom is 0.329 e. The van der Waals surface area contributed by atoms with Gasteiger partial charge in [0.05, 0.1) is 0 Å². The summed E-state index contributed by atoms with van der Waals surface area (Å²) in [5, 5.41) is 22.0. The number of hydrogen-bond donors (Lipinski definition) is 3. The minimum atomic E-state index is -0.983. The number of carbonyl (C=O) groups is 2. The van der Waals surface area contributed by atoms with Gasteiger partial charge >= 0.3 is 5.97 Å². The molecule has 4 aromatic carbocycles. The van der Waals surface area contributed by atoms with E-state index in [1.807, 2.05) is 84.9 Å². The van der Waals surface area contributed by atoms with Gasteiger partial charge in [-0.2, -0.15) is 0 Å². The van der Waals surface area contributed by atoms with Crippen LogP contribution in [0, 0.1) is 0 Å². The molecule has 0 spiro atoms. The number of carbonyl (C=O) groups excluding carboxylic acids is 2. The molecule has 3 N–H and O–H groups in total. The second-order valence-electron chi connectivity index (χ2n) is 8.45. The lowest BCUT2D eigenvalue weighted by atomic mass is 10.0. The van der Waals surface area contributed by atoms with Crippen LogP contribution < -0.4 is 10.1 Å². The molecule has 0 aliphatic carbocycles. The summed E-state index contributed by atoms with van der Waals surface area (Å²) in [5.74, 6) is -1.27. The highest BCUT2D eigenvalue weighted by Crippen LogP contribution is 2.25. The largest absolute Gasteiger partial charge is 0.504 e. The van der Waals surface area contributed by atoms with Gasteiger partial charge in [-0.3, -0.25) is 4.79 Å². The second kappa shape index (κ2) is 12.3. The lowest BCUT2D eigenvalue weighted by molar-refractivity contribution is -0.147.